The highest BCUT2D eigenvalue weighted by Crippen LogP contribution is 2.38. The summed E-state index contributed by atoms with van der Waals surface area (Å²) in [7, 11) is 1.47. The maximum atomic E-state index is 11.9. The Morgan fingerprint density at radius 3 is 2.04 bits per heavy atom. The van der Waals surface area contributed by atoms with Gasteiger partial charge in [-0.1, -0.05) is 0 Å². The minimum atomic E-state index is -3.20. The normalized spacial score (nSPS) is 12.5. The molecule has 0 saturated carbocycles. The Kier molecular flexibility index (Phi) is 8.20. The summed E-state index contributed by atoms with van der Waals surface area (Å²) in [5.74, 6) is 2.16. The third-order valence-electron chi connectivity index (χ3n) is 4.17. The number of hydrogen-bond donors (Lipinski definition) is 2. The number of ether oxygens (including phenoxy) is 3. The SMILES string of the molecule is CCNC(=NCc1cc(OC)c(OC)c(OC)c1)NCC(C)(C)S(C)(=O)=O. The van der Waals surface area contributed by atoms with E-state index in [2.05, 4.69) is 15.6 Å². The number of nitrogens with one attached hydrogen (secondary N) is 2. The Labute approximate surface area is 162 Å². The molecule has 0 radical (unpaired) electrons. The van der Waals surface area contributed by atoms with E-state index in [0.717, 1.165) is 5.56 Å². The van der Waals surface area contributed by atoms with Crippen LogP contribution in [0.5, 0.6) is 17.2 Å². The van der Waals surface area contributed by atoms with E-state index in [0.29, 0.717) is 36.3 Å². The van der Waals surface area contributed by atoms with Crippen LogP contribution in [0.1, 0.15) is 26.3 Å². The third kappa shape index (κ3) is 6.20. The Balaban J connectivity index is 3.01. The molecule has 0 aromatic heterocycles. The first-order valence-corrected chi connectivity index (χ1v) is 10.5. The first-order chi connectivity index (χ1) is 12.6. The van der Waals surface area contributed by atoms with Gasteiger partial charge in [0, 0.05) is 19.3 Å². The molecular weight excluding hydrogens is 370 g/mol. The molecule has 0 aliphatic rings. The van der Waals surface area contributed by atoms with Crippen molar-refractivity contribution in [3.8, 4) is 17.2 Å². The Morgan fingerprint density at radius 2 is 1.63 bits per heavy atom. The van der Waals surface area contributed by atoms with Crippen LogP contribution in [0.3, 0.4) is 0 Å². The van der Waals surface area contributed by atoms with Gasteiger partial charge in [-0.3, -0.25) is 0 Å². The van der Waals surface area contributed by atoms with Crippen LogP contribution in [0, 0.1) is 0 Å². The molecule has 0 unspecified atom stereocenters. The number of methoxy groups -OCH3 is 3. The lowest BCUT2D eigenvalue weighted by molar-refractivity contribution is 0.324. The van der Waals surface area contributed by atoms with Gasteiger partial charge >= 0.3 is 0 Å². The van der Waals surface area contributed by atoms with Gasteiger partial charge in [-0.15, -0.1) is 0 Å². The molecule has 0 heterocycles. The molecular formula is C18H31N3O5S. The highest BCUT2D eigenvalue weighted by atomic mass is 32.2. The lowest BCUT2D eigenvalue weighted by Crippen LogP contribution is -2.47. The van der Waals surface area contributed by atoms with Crippen LogP contribution in [-0.4, -0.2) is 59.8 Å². The predicted octanol–water partition coefficient (Wildman–Crippen LogP) is 1.59. The molecule has 27 heavy (non-hydrogen) atoms. The van der Waals surface area contributed by atoms with E-state index in [1.165, 1.54) is 6.26 Å². The van der Waals surface area contributed by atoms with E-state index < -0.39 is 14.6 Å². The summed E-state index contributed by atoms with van der Waals surface area (Å²) >= 11 is 0. The molecule has 8 nitrogen and oxygen atoms in total. The second-order valence-corrected chi connectivity index (χ2v) is 9.26. The molecule has 154 valence electrons. The van der Waals surface area contributed by atoms with Gasteiger partial charge in [0.2, 0.25) is 5.75 Å². The smallest absolute Gasteiger partial charge is 0.203 e. The number of hydrogen-bond acceptors (Lipinski definition) is 6. The van der Waals surface area contributed by atoms with E-state index in [1.54, 1.807) is 35.2 Å². The van der Waals surface area contributed by atoms with Gasteiger partial charge in [0.05, 0.1) is 32.6 Å². The minimum Gasteiger partial charge on any atom is -0.493 e. The molecule has 0 aliphatic heterocycles. The molecule has 0 saturated heterocycles. The molecule has 9 heteroatoms. The van der Waals surface area contributed by atoms with E-state index in [4.69, 9.17) is 14.2 Å². The standard InChI is InChI=1S/C18H31N3O5S/c1-8-19-17(21-12-18(2,3)27(7,22)23)20-11-13-9-14(24-4)16(26-6)15(10-13)25-5/h9-10H,8,11-12H2,1-7H3,(H2,19,20,21). The third-order valence-corrected chi connectivity index (χ3v) is 6.33. The van der Waals surface area contributed by atoms with Crippen LogP contribution >= 0.6 is 0 Å². The van der Waals surface area contributed by atoms with Crippen LogP contribution in [0.15, 0.2) is 17.1 Å². The highest BCUT2D eigenvalue weighted by molar-refractivity contribution is 7.92. The summed E-state index contributed by atoms with van der Waals surface area (Å²) in [5, 5.41) is 6.20. The van der Waals surface area contributed by atoms with Crippen molar-refractivity contribution >= 4 is 15.8 Å². The first-order valence-electron chi connectivity index (χ1n) is 8.60. The maximum absolute atomic E-state index is 11.9. The average Bonchev–Trinajstić information content (AvgIpc) is 2.61. The minimum absolute atomic E-state index is 0.243. The lowest BCUT2D eigenvalue weighted by Gasteiger charge is -2.24. The molecule has 1 aromatic carbocycles. The summed E-state index contributed by atoms with van der Waals surface area (Å²) in [5.41, 5.74) is 0.865. The van der Waals surface area contributed by atoms with E-state index in [-0.39, 0.29) is 6.54 Å². The zero-order valence-electron chi connectivity index (χ0n) is 17.2. The average molecular weight is 402 g/mol. The monoisotopic (exact) mass is 401 g/mol. The van der Waals surface area contributed by atoms with Crippen molar-refractivity contribution in [3.63, 3.8) is 0 Å². The van der Waals surface area contributed by atoms with Crippen molar-refractivity contribution in [2.75, 3.05) is 40.7 Å². The van der Waals surface area contributed by atoms with E-state index >= 15 is 0 Å². The Morgan fingerprint density at radius 1 is 1.07 bits per heavy atom. The van der Waals surface area contributed by atoms with Gasteiger partial charge < -0.3 is 24.8 Å². The number of guanidine groups is 1. The molecule has 1 rings (SSSR count). The summed E-state index contributed by atoms with van der Waals surface area (Å²) in [6, 6.07) is 3.66. The number of aliphatic imine (C=N–C) groups is 1. The second-order valence-electron chi connectivity index (χ2n) is 6.61. The molecule has 0 aliphatic carbocycles. The van der Waals surface area contributed by atoms with Crippen molar-refractivity contribution in [1.29, 1.82) is 0 Å². The van der Waals surface area contributed by atoms with Crippen LogP contribution < -0.4 is 24.8 Å². The summed E-state index contributed by atoms with van der Waals surface area (Å²) in [6.45, 7) is 6.55. The second kappa shape index (κ2) is 9.68. The fourth-order valence-electron chi connectivity index (χ4n) is 2.17. The number of sulfone groups is 1. The van der Waals surface area contributed by atoms with Crippen molar-refractivity contribution < 1.29 is 22.6 Å². The fourth-order valence-corrected chi connectivity index (χ4v) is 2.50. The largest absolute Gasteiger partial charge is 0.493 e. The summed E-state index contributed by atoms with van der Waals surface area (Å²) < 4.78 is 38.8. The zero-order valence-corrected chi connectivity index (χ0v) is 18.0. The molecule has 0 fully saturated rings. The van der Waals surface area contributed by atoms with Crippen molar-refractivity contribution in [2.45, 2.75) is 32.1 Å². The van der Waals surface area contributed by atoms with Crippen LogP contribution in [0.2, 0.25) is 0 Å². The quantitative estimate of drug-likeness (QED) is 0.479. The highest BCUT2D eigenvalue weighted by Gasteiger charge is 2.30. The molecule has 2 N–H and O–H groups in total. The van der Waals surface area contributed by atoms with Crippen LogP contribution in [-0.2, 0) is 16.4 Å². The van der Waals surface area contributed by atoms with Crippen molar-refractivity contribution in [3.05, 3.63) is 17.7 Å². The van der Waals surface area contributed by atoms with Crippen molar-refractivity contribution in [1.82, 2.24) is 10.6 Å². The Bertz CT molecular complexity index is 735. The number of rotatable bonds is 9. The van der Waals surface area contributed by atoms with Gasteiger partial charge in [-0.2, -0.15) is 0 Å². The molecule has 1 aromatic rings. The van der Waals surface area contributed by atoms with Gasteiger partial charge in [0.15, 0.2) is 27.3 Å². The van der Waals surface area contributed by atoms with Gasteiger partial charge in [-0.25, -0.2) is 13.4 Å². The number of benzene rings is 1. The van der Waals surface area contributed by atoms with Crippen LogP contribution in [0.4, 0.5) is 0 Å². The topological polar surface area (TPSA) is 98.2 Å². The molecule has 0 atom stereocenters. The van der Waals surface area contributed by atoms with E-state index in [1.807, 2.05) is 19.1 Å². The van der Waals surface area contributed by atoms with Gasteiger partial charge in [-0.05, 0) is 38.5 Å². The Hall–Kier alpha value is -2.16. The predicted molar refractivity (Wildman–Crippen MR) is 108 cm³/mol. The first kappa shape index (κ1) is 22.9. The molecule has 0 bridgehead atoms. The number of nitrogens with zero attached hydrogens (tertiary/aromatic N) is 1. The lowest BCUT2D eigenvalue weighted by atomic mass is 10.2. The van der Waals surface area contributed by atoms with E-state index in [9.17, 15) is 8.42 Å². The maximum Gasteiger partial charge on any atom is 0.203 e. The van der Waals surface area contributed by atoms with Crippen LogP contribution in [0.25, 0.3) is 0 Å². The van der Waals surface area contributed by atoms with Gasteiger partial charge in [0.1, 0.15) is 0 Å². The van der Waals surface area contributed by atoms with Gasteiger partial charge in [0.25, 0.3) is 0 Å². The summed E-state index contributed by atoms with van der Waals surface area (Å²) in [6.07, 6.45) is 1.23. The zero-order chi connectivity index (χ0) is 20.7. The van der Waals surface area contributed by atoms with Crippen molar-refractivity contribution in [2.24, 2.45) is 4.99 Å². The molecule has 0 amide bonds. The fraction of sp³-hybridized carbons (Fsp3) is 0.611. The molecule has 0 spiro atoms. The summed E-state index contributed by atoms with van der Waals surface area (Å²) in [4.78, 5) is 4.52.